The number of nitrogens with one attached hydrogen (secondary N) is 1. The van der Waals surface area contributed by atoms with E-state index in [0.29, 0.717) is 6.61 Å². The molecule has 0 radical (unpaired) electrons. The molecule has 4 nitrogen and oxygen atoms in total. The minimum Gasteiger partial charge on any atom is -0.269 e. The summed E-state index contributed by atoms with van der Waals surface area (Å²) >= 11 is 0. The lowest BCUT2D eigenvalue weighted by molar-refractivity contribution is -0.129. The van der Waals surface area contributed by atoms with Crippen LogP contribution in [-0.2, 0) is 16.2 Å². The molecule has 0 saturated carbocycles. The van der Waals surface area contributed by atoms with Gasteiger partial charge in [0.05, 0.1) is 12.1 Å². The van der Waals surface area contributed by atoms with Crippen LogP contribution in [0.25, 0.3) is 17.0 Å². The SMILES string of the molecule is O=C(/C=C/c1cccc2cccnc12)NOCc1ccccc1. The van der Waals surface area contributed by atoms with Gasteiger partial charge in [-0.1, -0.05) is 54.6 Å². The summed E-state index contributed by atoms with van der Waals surface area (Å²) in [4.78, 5) is 21.3. The highest BCUT2D eigenvalue weighted by Gasteiger charge is 2.00. The van der Waals surface area contributed by atoms with E-state index in [1.165, 1.54) is 6.08 Å². The monoisotopic (exact) mass is 304 g/mol. The molecular weight excluding hydrogens is 288 g/mol. The third-order valence-electron chi connectivity index (χ3n) is 3.33. The first-order valence-electron chi connectivity index (χ1n) is 7.30. The standard InChI is InChI=1S/C19H16N2O2/c22-18(21-23-14-15-6-2-1-3-7-15)12-11-17-9-4-8-16-10-5-13-20-19(16)17/h1-13H,14H2,(H,21,22)/b12-11+. The van der Waals surface area contributed by atoms with Gasteiger partial charge in [-0.05, 0) is 17.7 Å². The number of nitrogens with zero attached hydrogens (tertiary/aromatic N) is 1. The van der Waals surface area contributed by atoms with Crippen molar-refractivity contribution < 1.29 is 9.63 Å². The number of hydrogen-bond donors (Lipinski definition) is 1. The van der Waals surface area contributed by atoms with Crippen molar-refractivity contribution in [3.05, 3.63) is 84.1 Å². The van der Waals surface area contributed by atoms with Crippen LogP contribution in [0.1, 0.15) is 11.1 Å². The van der Waals surface area contributed by atoms with Crippen LogP contribution in [-0.4, -0.2) is 10.9 Å². The molecule has 3 rings (SSSR count). The second-order valence-electron chi connectivity index (χ2n) is 5.00. The Morgan fingerprint density at radius 3 is 2.74 bits per heavy atom. The summed E-state index contributed by atoms with van der Waals surface area (Å²) in [7, 11) is 0. The van der Waals surface area contributed by atoms with Crippen molar-refractivity contribution in [3.63, 3.8) is 0 Å². The number of para-hydroxylation sites is 1. The van der Waals surface area contributed by atoms with Crippen molar-refractivity contribution in [1.29, 1.82) is 0 Å². The van der Waals surface area contributed by atoms with Crippen molar-refractivity contribution in [2.45, 2.75) is 6.61 Å². The fraction of sp³-hybridized carbons (Fsp3) is 0.0526. The molecule has 0 aliphatic heterocycles. The Bertz CT molecular complexity index is 824. The van der Waals surface area contributed by atoms with Gasteiger partial charge in [0.15, 0.2) is 0 Å². The lowest BCUT2D eigenvalue weighted by Gasteiger charge is -2.04. The van der Waals surface area contributed by atoms with Crippen molar-refractivity contribution in [1.82, 2.24) is 10.5 Å². The van der Waals surface area contributed by atoms with Crippen LogP contribution in [0.15, 0.2) is 72.9 Å². The topological polar surface area (TPSA) is 51.2 Å². The van der Waals surface area contributed by atoms with Crippen molar-refractivity contribution in [2.75, 3.05) is 0 Å². The minimum absolute atomic E-state index is 0.311. The van der Waals surface area contributed by atoms with E-state index >= 15 is 0 Å². The van der Waals surface area contributed by atoms with Crippen LogP contribution in [0.2, 0.25) is 0 Å². The highest BCUT2D eigenvalue weighted by Crippen LogP contribution is 2.16. The van der Waals surface area contributed by atoms with Gasteiger partial charge in [0.2, 0.25) is 0 Å². The average Bonchev–Trinajstić information content (AvgIpc) is 2.61. The highest BCUT2D eigenvalue weighted by molar-refractivity contribution is 5.94. The molecule has 0 saturated heterocycles. The van der Waals surface area contributed by atoms with Gasteiger partial charge in [-0.2, -0.15) is 0 Å². The Morgan fingerprint density at radius 1 is 1.04 bits per heavy atom. The van der Waals surface area contributed by atoms with Crippen LogP contribution >= 0.6 is 0 Å². The van der Waals surface area contributed by atoms with Gasteiger partial charge in [0.25, 0.3) is 5.91 Å². The molecule has 1 amide bonds. The number of hydroxylamine groups is 1. The second-order valence-corrected chi connectivity index (χ2v) is 5.00. The van der Waals surface area contributed by atoms with E-state index < -0.39 is 0 Å². The zero-order valence-corrected chi connectivity index (χ0v) is 12.5. The number of aromatic nitrogens is 1. The van der Waals surface area contributed by atoms with Crippen molar-refractivity contribution in [2.24, 2.45) is 0 Å². The summed E-state index contributed by atoms with van der Waals surface area (Å²) in [5.41, 5.74) is 5.15. The van der Waals surface area contributed by atoms with Gasteiger partial charge in [0.1, 0.15) is 0 Å². The Labute approximate surface area is 134 Å². The molecule has 1 aromatic heterocycles. The van der Waals surface area contributed by atoms with Crippen molar-refractivity contribution >= 4 is 22.9 Å². The van der Waals surface area contributed by atoms with Gasteiger partial charge in [-0.25, -0.2) is 5.48 Å². The number of fused-ring (bicyclic) bond motifs is 1. The summed E-state index contributed by atoms with van der Waals surface area (Å²) in [6.45, 7) is 0.330. The fourth-order valence-electron chi connectivity index (χ4n) is 2.23. The molecule has 1 N–H and O–H groups in total. The van der Waals surface area contributed by atoms with Gasteiger partial charge in [-0.3, -0.25) is 14.6 Å². The maximum atomic E-state index is 11.8. The van der Waals surface area contributed by atoms with E-state index in [9.17, 15) is 4.79 Å². The molecule has 2 aromatic carbocycles. The lowest BCUT2D eigenvalue weighted by atomic mass is 10.1. The molecule has 0 atom stereocenters. The third kappa shape index (κ3) is 4.02. The van der Waals surface area contributed by atoms with Crippen LogP contribution in [0.5, 0.6) is 0 Å². The van der Waals surface area contributed by atoms with Gasteiger partial charge in [0, 0.05) is 23.2 Å². The number of rotatable bonds is 5. The average molecular weight is 304 g/mol. The quantitative estimate of drug-likeness (QED) is 0.580. The highest BCUT2D eigenvalue weighted by atomic mass is 16.6. The number of hydrogen-bond acceptors (Lipinski definition) is 3. The summed E-state index contributed by atoms with van der Waals surface area (Å²) in [5, 5.41) is 1.04. The lowest BCUT2D eigenvalue weighted by Crippen LogP contribution is -2.21. The maximum absolute atomic E-state index is 11.8. The molecule has 0 fully saturated rings. The van der Waals surface area contributed by atoms with Crippen molar-refractivity contribution in [3.8, 4) is 0 Å². The largest absolute Gasteiger partial charge is 0.269 e. The Balaban J connectivity index is 1.59. The van der Waals surface area contributed by atoms with E-state index in [2.05, 4.69) is 10.5 Å². The molecule has 4 heteroatoms. The smallest absolute Gasteiger partial charge is 0.267 e. The van der Waals surface area contributed by atoms with Crippen LogP contribution in [0.3, 0.4) is 0 Å². The minimum atomic E-state index is -0.311. The van der Waals surface area contributed by atoms with Gasteiger partial charge >= 0.3 is 0 Å². The number of carbonyl (C=O) groups excluding carboxylic acids is 1. The van der Waals surface area contributed by atoms with Crippen LogP contribution in [0.4, 0.5) is 0 Å². The van der Waals surface area contributed by atoms with E-state index in [1.54, 1.807) is 12.3 Å². The number of amides is 1. The molecular formula is C19H16N2O2. The third-order valence-corrected chi connectivity index (χ3v) is 3.33. The number of pyridine rings is 1. The first-order valence-corrected chi connectivity index (χ1v) is 7.30. The zero-order chi connectivity index (χ0) is 15.9. The molecule has 0 spiro atoms. The summed E-state index contributed by atoms with van der Waals surface area (Å²) in [5.74, 6) is -0.311. The van der Waals surface area contributed by atoms with Crippen LogP contribution < -0.4 is 5.48 Å². The van der Waals surface area contributed by atoms with E-state index in [4.69, 9.17) is 4.84 Å². The summed E-state index contributed by atoms with van der Waals surface area (Å²) in [6.07, 6.45) is 4.91. The van der Waals surface area contributed by atoms with E-state index in [-0.39, 0.29) is 5.91 Å². The molecule has 0 bridgehead atoms. The first kappa shape index (κ1) is 14.9. The normalized spacial score (nSPS) is 11.0. The molecule has 1 heterocycles. The number of benzene rings is 2. The predicted molar refractivity (Wildman–Crippen MR) is 90.2 cm³/mol. The molecule has 114 valence electrons. The van der Waals surface area contributed by atoms with Crippen LogP contribution in [0, 0.1) is 0 Å². The first-order chi connectivity index (χ1) is 11.3. The molecule has 3 aromatic rings. The van der Waals surface area contributed by atoms with E-state index in [1.807, 2.05) is 60.7 Å². The predicted octanol–water partition coefficient (Wildman–Crippen LogP) is 3.50. The summed E-state index contributed by atoms with van der Waals surface area (Å²) < 4.78 is 0. The Morgan fingerprint density at radius 2 is 1.87 bits per heavy atom. The molecule has 0 unspecified atom stereocenters. The Kier molecular flexibility index (Phi) is 4.76. The maximum Gasteiger partial charge on any atom is 0.267 e. The molecule has 0 aliphatic carbocycles. The summed E-state index contributed by atoms with van der Waals surface area (Å²) in [6, 6.07) is 19.4. The Hall–Kier alpha value is -2.98. The van der Waals surface area contributed by atoms with Gasteiger partial charge < -0.3 is 0 Å². The second kappa shape index (κ2) is 7.33. The number of carbonyl (C=O) groups is 1. The van der Waals surface area contributed by atoms with Gasteiger partial charge in [-0.15, -0.1) is 0 Å². The molecule has 0 aliphatic rings. The molecule has 23 heavy (non-hydrogen) atoms. The zero-order valence-electron chi connectivity index (χ0n) is 12.5. The van der Waals surface area contributed by atoms with E-state index in [0.717, 1.165) is 22.0 Å². The fourth-order valence-corrected chi connectivity index (χ4v) is 2.23.